The number of amides is 1. The summed E-state index contributed by atoms with van der Waals surface area (Å²) < 4.78 is 47.7. The van der Waals surface area contributed by atoms with E-state index in [1.807, 2.05) is 34.7 Å². The molecule has 0 saturated carbocycles. The van der Waals surface area contributed by atoms with E-state index in [1.165, 1.54) is 13.0 Å². The summed E-state index contributed by atoms with van der Waals surface area (Å²) >= 11 is 0. The van der Waals surface area contributed by atoms with E-state index >= 15 is 0 Å². The number of nitrogens with zero attached hydrogens (tertiary/aromatic N) is 4. The molecule has 0 spiro atoms. The molecule has 0 saturated heterocycles. The van der Waals surface area contributed by atoms with E-state index in [4.69, 9.17) is 9.72 Å². The zero-order valence-electron chi connectivity index (χ0n) is 20.6. The third-order valence-corrected chi connectivity index (χ3v) is 6.65. The van der Waals surface area contributed by atoms with E-state index in [9.17, 15) is 18.0 Å². The molecule has 0 fully saturated rings. The number of nitrogens with one attached hydrogen (secondary N) is 1. The Hall–Kier alpha value is -4.08. The number of aromatic nitrogens is 3. The van der Waals surface area contributed by atoms with Gasteiger partial charge in [-0.1, -0.05) is 42.5 Å². The Kier molecular flexibility index (Phi) is 6.26. The third kappa shape index (κ3) is 4.47. The van der Waals surface area contributed by atoms with Crippen LogP contribution in [0.2, 0.25) is 0 Å². The van der Waals surface area contributed by atoms with E-state index in [2.05, 4.69) is 10.3 Å². The van der Waals surface area contributed by atoms with Crippen LogP contribution < -0.4 is 5.32 Å². The quantitative estimate of drug-likeness (QED) is 0.339. The number of ether oxygens (including phenoxy) is 1. The van der Waals surface area contributed by atoms with Crippen molar-refractivity contribution in [3.05, 3.63) is 82.7 Å². The van der Waals surface area contributed by atoms with Crippen LogP contribution in [-0.4, -0.2) is 32.0 Å². The second-order valence-corrected chi connectivity index (χ2v) is 8.97. The Labute approximate surface area is 211 Å². The highest BCUT2D eigenvalue weighted by molar-refractivity contribution is 5.71. The fourth-order valence-electron chi connectivity index (χ4n) is 4.87. The van der Waals surface area contributed by atoms with E-state index < -0.39 is 23.9 Å². The summed E-state index contributed by atoms with van der Waals surface area (Å²) in [7, 11) is 0. The van der Waals surface area contributed by atoms with Gasteiger partial charge in [0.1, 0.15) is 5.82 Å². The molecule has 1 N–H and O–H groups in total. The van der Waals surface area contributed by atoms with Crippen LogP contribution in [0.3, 0.4) is 0 Å². The lowest BCUT2D eigenvalue weighted by atomic mass is 9.97. The van der Waals surface area contributed by atoms with Crippen molar-refractivity contribution in [2.45, 2.75) is 46.1 Å². The number of carbonyl (C=O) groups is 1. The van der Waals surface area contributed by atoms with E-state index in [0.29, 0.717) is 17.2 Å². The molecule has 1 atom stereocenters. The fourth-order valence-corrected chi connectivity index (χ4v) is 4.87. The number of hydrogen-bond acceptors (Lipinski definition) is 5. The monoisotopic (exact) mass is 509 g/mol. The first-order valence-corrected chi connectivity index (χ1v) is 12.0. The van der Waals surface area contributed by atoms with Crippen molar-refractivity contribution < 1.29 is 22.7 Å². The molecule has 2 aromatic heterocycles. The van der Waals surface area contributed by atoms with Crippen LogP contribution in [0.1, 0.15) is 47.8 Å². The maximum absolute atomic E-state index is 13.5. The second kappa shape index (κ2) is 9.42. The number of rotatable bonds is 5. The molecule has 0 unspecified atom stereocenters. The number of imidazole rings is 1. The number of anilines is 1. The Morgan fingerprint density at radius 3 is 2.59 bits per heavy atom. The standard InChI is InChI=1S/C27H26F3N5O2/c1-4-37-26(36)34-14-20-23(15-34)35-22(18-9-6-5-7-10-18)13-31-25(35)33-24(20)32-17(3)19-11-8-12-21(16(19)2)27(28,29)30/h5-13,17H,4,14-15H2,1-3H3,(H,31,32,33)/t17-/m1/s1. The molecule has 4 aromatic rings. The zero-order valence-corrected chi connectivity index (χ0v) is 20.6. The number of alkyl halides is 3. The zero-order chi connectivity index (χ0) is 26.3. The van der Waals surface area contributed by atoms with Crippen LogP contribution in [-0.2, 0) is 24.0 Å². The lowest BCUT2D eigenvalue weighted by Crippen LogP contribution is -2.26. The maximum atomic E-state index is 13.5. The highest BCUT2D eigenvalue weighted by atomic mass is 19.4. The van der Waals surface area contributed by atoms with Crippen molar-refractivity contribution in [3.8, 4) is 11.3 Å². The molecule has 1 aliphatic heterocycles. The predicted octanol–water partition coefficient (Wildman–Crippen LogP) is 6.37. The summed E-state index contributed by atoms with van der Waals surface area (Å²) in [5.41, 5.74) is 3.38. The summed E-state index contributed by atoms with van der Waals surface area (Å²) in [4.78, 5) is 23.4. The van der Waals surface area contributed by atoms with E-state index in [-0.39, 0.29) is 25.3 Å². The molecular weight excluding hydrogens is 483 g/mol. The van der Waals surface area contributed by atoms with Crippen LogP contribution in [0.15, 0.2) is 54.7 Å². The van der Waals surface area contributed by atoms with Gasteiger partial charge in [-0.25, -0.2) is 9.78 Å². The van der Waals surface area contributed by atoms with Gasteiger partial charge in [0.05, 0.1) is 48.9 Å². The van der Waals surface area contributed by atoms with Crippen LogP contribution in [0.5, 0.6) is 0 Å². The highest BCUT2D eigenvalue weighted by Gasteiger charge is 2.34. The number of hydrogen-bond donors (Lipinski definition) is 1. The van der Waals surface area contributed by atoms with Crippen LogP contribution in [0.25, 0.3) is 17.0 Å². The SMILES string of the molecule is CCOC(=O)N1Cc2c(N[C@H](C)c3cccc(C(F)(F)F)c3C)nc3ncc(-c4ccccc4)n3c2C1. The minimum atomic E-state index is -4.44. The molecule has 3 heterocycles. The summed E-state index contributed by atoms with van der Waals surface area (Å²) in [6.07, 6.45) is -3.15. The molecule has 1 amide bonds. The predicted molar refractivity (Wildman–Crippen MR) is 133 cm³/mol. The Morgan fingerprint density at radius 1 is 1.14 bits per heavy atom. The molecule has 7 nitrogen and oxygen atoms in total. The second-order valence-electron chi connectivity index (χ2n) is 8.97. The normalized spacial score (nSPS) is 14.1. The maximum Gasteiger partial charge on any atom is 0.416 e. The summed E-state index contributed by atoms with van der Waals surface area (Å²) in [5.74, 6) is 0.905. The number of benzene rings is 2. The first kappa shape index (κ1) is 24.6. The van der Waals surface area contributed by atoms with Crippen LogP contribution >= 0.6 is 0 Å². The van der Waals surface area contributed by atoms with Crippen LogP contribution in [0, 0.1) is 6.92 Å². The number of fused-ring (bicyclic) bond motifs is 3. The molecule has 2 aromatic carbocycles. The average Bonchev–Trinajstić information content (AvgIpc) is 3.49. The molecule has 10 heteroatoms. The van der Waals surface area contributed by atoms with Gasteiger partial charge in [-0.2, -0.15) is 18.2 Å². The van der Waals surface area contributed by atoms with Crippen molar-refractivity contribution in [3.63, 3.8) is 0 Å². The first-order chi connectivity index (χ1) is 17.7. The van der Waals surface area contributed by atoms with Gasteiger partial charge in [0, 0.05) is 11.1 Å². The molecule has 5 rings (SSSR count). The smallest absolute Gasteiger partial charge is 0.416 e. The van der Waals surface area contributed by atoms with Crippen molar-refractivity contribution in [2.24, 2.45) is 0 Å². The molecule has 0 aliphatic carbocycles. The average molecular weight is 510 g/mol. The van der Waals surface area contributed by atoms with Gasteiger partial charge < -0.3 is 10.1 Å². The van der Waals surface area contributed by atoms with Gasteiger partial charge in [-0.05, 0) is 38.0 Å². The van der Waals surface area contributed by atoms with Gasteiger partial charge in [0.25, 0.3) is 0 Å². The fraction of sp³-hybridized carbons (Fsp3) is 0.296. The highest BCUT2D eigenvalue weighted by Crippen LogP contribution is 2.37. The largest absolute Gasteiger partial charge is 0.450 e. The topological polar surface area (TPSA) is 71.8 Å². The molecular formula is C27H26F3N5O2. The molecule has 192 valence electrons. The van der Waals surface area contributed by atoms with Gasteiger partial charge in [0.2, 0.25) is 5.78 Å². The van der Waals surface area contributed by atoms with Gasteiger partial charge in [-0.3, -0.25) is 9.30 Å². The lowest BCUT2D eigenvalue weighted by molar-refractivity contribution is -0.138. The minimum absolute atomic E-state index is 0.160. The van der Waals surface area contributed by atoms with Crippen molar-refractivity contribution in [1.29, 1.82) is 0 Å². The third-order valence-electron chi connectivity index (χ3n) is 6.65. The lowest BCUT2D eigenvalue weighted by Gasteiger charge is -2.21. The van der Waals surface area contributed by atoms with E-state index in [1.54, 1.807) is 31.0 Å². The number of halogens is 3. The first-order valence-electron chi connectivity index (χ1n) is 12.0. The van der Waals surface area contributed by atoms with Crippen LogP contribution in [0.4, 0.5) is 23.8 Å². The van der Waals surface area contributed by atoms with Crippen molar-refractivity contribution >= 4 is 17.7 Å². The van der Waals surface area contributed by atoms with Gasteiger partial charge in [-0.15, -0.1) is 0 Å². The summed E-state index contributed by atoms with van der Waals surface area (Å²) in [6, 6.07) is 13.4. The molecule has 0 bridgehead atoms. The van der Waals surface area contributed by atoms with Gasteiger partial charge >= 0.3 is 12.3 Å². The Balaban J connectivity index is 1.59. The Morgan fingerprint density at radius 2 is 1.89 bits per heavy atom. The minimum Gasteiger partial charge on any atom is -0.450 e. The molecule has 37 heavy (non-hydrogen) atoms. The summed E-state index contributed by atoms with van der Waals surface area (Å²) in [5, 5.41) is 3.30. The molecule has 1 aliphatic rings. The molecule has 0 radical (unpaired) electrons. The van der Waals surface area contributed by atoms with Crippen molar-refractivity contribution in [2.75, 3.05) is 11.9 Å². The van der Waals surface area contributed by atoms with Crippen molar-refractivity contribution in [1.82, 2.24) is 19.3 Å². The Bertz CT molecular complexity index is 1470. The van der Waals surface area contributed by atoms with E-state index in [0.717, 1.165) is 28.6 Å². The van der Waals surface area contributed by atoms with Gasteiger partial charge in [0.15, 0.2) is 0 Å². The summed E-state index contributed by atoms with van der Waals surface area (Å²) in [6.45, 7) is 5.79. The number of carbonyl (C=O) groups excluding carboxylic acids is 1.